The number of hydrogen-bond acceptors (Lipinski definition) is 3. The lowest BCUT2D eigenvalue weighted by molar-refractivity contribution is 0.0683. The van der Waals surface area contributed by atoms with Crippen molar-refractivity contribution in [2.24, 2.45) is 11.7 Å². The minimum absolute atomic E-state index is 0.0372. The van der Waals surface area contributed by atoms with Gasteiger partial charge in [-0.1, -0.05) is 25.1 Å². The van der Waals surface area contributed by atoms with E-state index in [9.17, 15) is 14.0 Å². The number of ether oxygens (including phenoxy) is 1. The van der Waals surface area contributed by atoms with E-state index in [0.717, 1.165) is 37.6 Å². The van der Waals surface area contributed by atoms with E-state index in [1.54, 1.807) is 24.3 Å². The number of benzene rings is 2. The van der Waals surface area contributed by atoms with E-state index in [0.29, 0.717) is 11.5 Å². The fourth-order valence-electron chi connectivity index (χ4n) is 3.32. The second-order valence-electron chi connectivity index (χ2n) is 6.96. The fourth-order valence-corrected chi connectivity index (χ4v) is 3.32. The standard InChI is InChI=1S/C21H23FN2O3/c1-14-4-3-11-24(12-14)21(26)16-9-7-15(8-10-16)13-27-18-6-2-5-17(22)19(18)20(23)25/h2,5-10,14H,3-4,11-13H2,1H3,(H2,23,25). The van der Waals surface area contributed by atoms with E-state index in [2.05, 4.69) is 6.92 Å². The molecule has 1 heterocycles. The van der Waals surface area contributed by atoms with Crippen molar-refractivity contribution in [3.05, 3.63) is 65.0 Å². The molecular formula is C21H23FN2O3. The Hall–Kier alpha value is -2.89. The first-order valence-corrected chi connectivity index (χ1v) is 9.05. The Balaban J connectivity index is 1.66. The Morgan fingerprint density at radius 1 is 1.22 bits per heavy atom. The van der Waals surface area contributed by atoms with Crippen LogP contribution in [0.3, 0.4) is 0 Å². The molecule has 27 heavy (non-hydrogen) atoms. The number of primary amides is 1. The largest absolute Gasteiger partial charge is 0.488 e. The first kappa shape index (κ1) is 18.9. The van der Waals surface area contributed by atoms with Crippen molar-refractivity contribution in [2.45, 2.75) is 26.4 Å². The van der Waals surface area contributed by atoms with Gasteiger partial charge in [0, 0.05) is 18.7 Å². The van der Waals surface area contributed by atoms with Crippen molar-refractivity contribution < 1.29 is 18.7 Å². The summed E-state index contributed by atoms with van der Waals surface area (Å²) in [5, 5.41) is 0. The zero-order valence-corrected chi connectivity index (χ0v) is 15.3. The van der Waals surface area contributed by atoms with Gasteiger partial charge in [0.1, 0.15) is 23.7 Å². The van der Waals surface area contributed by atoms with E-state index in [1.807, 2.05) is 4.90 Å². The van der Waals surface area contributed by atoms with Crippen LogP contribution in [-0.2, 0) is 6.61 Å². The Labute approximate surface area is 157 Å². The molecule has 1 saturated heterocycles. The third-order valence-corrected chi connectivity index (χ3v) is 4.76. The van der Waals surface area contributed by atoms with Crippen LogP contribution < -0.4 is 10.5 Å². The van der Waals surface area contributed by atoms with Crippen molar-refractivity contribution in [1.29, 1.82) is 0 Å². The number of halogens is 1. The molecule has 0 aromatic heterocycles. The van der Waals surface area contributed by atoms with E-state index in [4.69, 9.17) is 10.5 Å². The molecule has 1 fully saturated rings. The van der Waals surface area contributed by atoms with E-state index < -0.39 is 11.7 Å². The highest BCUT2D eigenvalue weighted by atomic mass is 19.1. The third-order valence-electron chi connectivity index (χ3n) is 4.76. The van der Waals surface area contributed by atoms with Crippen LogP contribution in [0.1, 0.15) is 46.0 Å². The van der Waals surface area contributed by atoms with Gasteiger partial charge in [0.15, 0.2) is 0 Å². The minimum atomic E-state index is -0.875. The molecule has 1 unspecified atom stereocenters. The minimum Gasteiger partial charge on any atom is -0.488 e. The van der Waals surface area contributed by atoms with Crippen LogP contribution >= 0.6 is 0 Å². The van der Waals surface area contributed by atoms with Gasteiger partial charge >= 0.3 is 0 Å². The summed E-state index contributed by atoms with van der Waals surface area (Å²) in [7, 11) is 0. The van der Waals surface area contributed by atoms with Gasteiger partial charge in [-0.3, -0.25) is 9.59 Å². The maximum absolute atomic E-state index is 13.7. The summed E-state index contributed by atoms with van der Waals surface area (Å²) in [4.78, 5) is 25.9. The van der Waals surface area contributed by atoms with Crippen molar-refractivity contribution in [3.8, 4) is 5.75 Å². The molecule has 1 aliphatic heterocycles. The number of rotatable bonds is 5. The second-order valence-corrected chi connectivity index (χ2v) is 6.96. The zero-order chi connectivity index (χ0) is 19.4. The number of likely N-dealkylation sites (tertiary alicyclic amines) is 1. The molecule has 0 radical (unpaired) electrons. The normalized spacial score (nSPS) is 16.8. The molecule has 0 spiro atoms. The SMILES string of the molecule is CC1CCCN(C(=O)c2ccc(COc3cccc(F)c3C(N)=O)cc2)C1. The summed E-state index contributed by atoms with van der Waals surface area (Å²) in [6.07, 6.45) is 2.20. The molecule has 1 atom stereocenters. The summed E-state index contributed by atoms with van der Waals surface area (Å²) in [6.45, 7) is 3.88. The fraction of sp³-hybridized carbons (Fsp3) is 0.333. The quantitative estimate of drug-likeness (QED) is 0.877. The molecule has 0 saturated carbocycles. The van der Waals surface area contributed by atoms with Crippen LogP contribution in [-0.4, -0.2) is 29.8 Å². The molecule has 3 rings (SSSR count). The molecule has 1 aliphatic rings. The van der Waals surface area contributed by atoms with Gasteiger partial charge in [-0.05, 0) is 48.6 Å². The third kappa shape index (κ3) is 4.45. The Bertz CT molecular complexity index is 836. The number of hydrogen-bond donors (Lipinski definition) is 1. The number of carbonyl (C=O) groups excluding carboxylic acids is 2. The molecule has 0 aliphatic carbocycles. The molecule has 5 nitrogen and oxygen atoms in total. The summed E-state index contributed by atoms with van der Waals surface area (Å²) in [5.74, 6) is -0.919. The molecule has 6 heteroatoms. The number of nitrogens with two attached hydrogens (primary N) is 1. The van der Waals surface area contributed by atoms with Gasteiger partial charge in [0.2, 0.25) is 0 Å². The highest BCUT2D eigenvalue weighted by Gasteiger charge is 2.22. The molecule has 142 valence electrons. The predicted molar refractivity (Wildman–Crippen MR) is 100.0 cm³/mol. The highest BCUT2D eigenvalue weighted by molar-refractivity contribution is 5.96. The number of nitrogens with zero attached hydrogens (tertiary/aromatic N) is 1. The van der Waals surface area contributed by atoms with Crippen molar-refractivity contribution >= 4 is 11.8 Å². The summed E-state index contributed by atoms with van der Waals surface area (Å²) in [6, 6.07) is 11.2. The molecule has 2 N–H and O–H groups in total. The molecule has 2 aromatic carbocycles. The van der Waals surface area contributed by atoms with Gasteiger partial charge in [0.25, 0.3) is 11.8 Å². The average molecular weight is 370 g/mol. The number of amides is 2. The van der Waals surface area contributed by atoms with Crippen molar-refractivity contribution in [3.63, 3.8) is 0 Å². The van der Waals surface area contributed by atoms with Crippen LogP contribution in [0.5, 0.6) is 5.75 Å². The van der Waals surface area contributed by atoms with Gasteiger partial charge in [-0.15, -0.1) is 0 Å². The summed E-state index contributed by atoms with van der Waals surface area (Å²) in [5.41, 5.74) is 6.40. The Morgan fingerprint density at radius 2 is 1.96 bits per heavy atom. The topological polar surface area (TPSA) is 72.6 Å². The van der Waals surface area contributed by atoms with E-state index in [-0.39, 0.29) is 23.8 Å². The van der Waals surface area contributed by atoms with Crippen LogP contribution in [0, 0.1) is 11.7 Å². The number of piperidine rings is 1. The Kier molecular flexibility index (Phi) is 5.74. The van der Waals surface area contributed by atoms with Gasteiger partial charge in [-0.2, -0.15) is 0 Å². The van der Waals surface area contributed by atoms with Gasteiger partial charge in [0.05, 0.1) is 0 Å². The predicted octanol–water partition coefficient (Wildman–Crippen LogP) is 3.38. The first-order chi connectivity index (χ1) is 13.0. The molecule has 2 amide bonds. The van der Waals surface area contributed by atoms with Gasteiger partial charge < -0.3 is 15.4 Å². The lowest BCUT2D eigenvalue weighted by atomic mass is 9.99. The first-order valence-electron chi connectivity index (χ1n) is 9.05. The smallest absolute Gasteiger partial charge is 0.255 e. The summed E-state index contributed by atoms with van der Waals surface area (Å²) < 4.78 is 19.3. The molecule has 0 bridgehead atoms. The number of carbonyl (C=O) groups is 2. The van der Waals surface area contributed by atoms with Crippen molar-refractivity contribution in [2.75, 3.05) is 13.1 Å². The maximum atomic E-state index is 13.7. The molecular weight excluding hydrogens is 347 g/mol. The van der Waals surface area contributed by atoms with Crippen LogP contribution in [0.4, 0.5) is 4.39 Å². The van der Waals surface area contributed by atoms with Crippen LogP contribution in [0.15, 0.2) is 42.5 Å². The average Bonchev–Trinajstić information content (AvgIpc) is 2.66. The lowest BCUT2D eigenvalue weighted by Gasteiger charge is -2.31. The maximum Gasteiger partial charge on any atom is 0.255 e. The second kappa shape index (κ2) is 8.20. The monoisotopic (exact) mass is 370 g/mol. The van der Waals surface area contributed by atoms with Crippen LogP contribution in [0.25, 0.3) is 0 Å². The van der Waals surface area contributed by atoms with Crippen LogP contribution in [0.2, 0.25) is 0 Å². The summed E-state index contributed by atoms with van der Waals surface area (Å²) >= 11 is 0. The highest BCUT2D eigenvalue weighted by Crippen LogP contribution is 2.22. The molecule has 2 aromatic rings. The lowest BCUT2D eigenvalue weighted by Crippen LogP contribution is -2.39. The van der Waals surface area contributed by atoms with Gasteiger partial charge in [-0.25, -0.2) is 4.39 Å². The Morgan fingerprint density at radius 3 is 2.63 bits per heavy atom. The van der Waals surface area contributed by atoms with E-state index in [1.165, 1.54) is 12.1 Å². The van der Waals surface area contributed by atoms with E-state index >= 15 is 0 Å². The van der Waals surface area contributed by atoms with Crippen molar-refractivity contribution in [1.82, 2.24) is 4.90 Å². The zero-order valence-electron chi connectivity index (χ0n) is 15.3.